The van der Waals surface area contributed by atoms with Crippen molar-refractivity contribution in [3.8, 4) is 0 Å². The predicted octanol–water partition coefficient (Wildman–Crippen LogP) is 1.62. The van der Waals surface area contributed by atoms with E-state index >= 15 is 0 Å². The number of aromatic nitrogens is 1. The van der Waals surface area contributed by atoms with Crippen LogP contribution in [-0.4, -0.2) is 34.9 Å². The van der Waals surface area contributed by atoms with E-state index in [1.165, 1.54) is 0 Å². The number of amides is 1. The van der Waals surface area contributed by atoms with E-state index in [1.54, 1.807) is 11.3 Å². The third kappa shape index (κ3) is 2.61. The molecule has 2 rings (SSSR count). The lowest BCUT2D eigenvalue weighted by molar-refractivity contribution is -0.129. The molecule has 1 unspecified atom stereocenters. The fourth-order valence-electron chi connectivity index (χ4n) is 1.93. The van der Waals surface area contributed by atoms with Crippen LogP contribution in [-0.2, 0) is 11.3 Å². The highest BCUT2D eigenvalue weighted by Gasteiger charge is 2.28. The molecule has 0 spiro atoms. The van der Waals surface area contributed by atoms with Crippen LogP contribution >= 0.6 is 27.3 Å². The van der Waals surface area contributed by atoms with Crippen LogP contribution < -0.4 is 5.32 Å². The predicted molar refractivity (Wildman–Crippen MR) is 67.3 cm³/mol. The molecule has 6 heteroatoms. The first-order chi connectivity index (χ1) is 7.70. The summed E-state index contributed by atoms with van der Waals surface area (Å²) in [4.78, 5) is 18.2. The molecule has 0 aromatic carbocycles. The second-order valence-electron chi connectivity index (χ2n) is 3.74. The average Bonchev–Trinajstić information content (AvgIpc) is 2.64. The minimum atomic E-state index is -0.00331. The van der Waals surface area contributed by atoms with Crippen molar-refractivity contribution >= 4 is 33.2 Å². The van der Waals surface area contributed by atoms with E-state index in [2.05, 4.69) is 31.1 Å². The van der Waals surface area contributed by atoms with Crippen molar-refractivity contribution in [2.75, 3.05) is 13.1 Å². The number of halogens is 1. The van der Waals surface area contributed by atoms with Crippen molar-refractivity contribution in [1.82, 2.24) is 15.2 Å². The molecule has 1 atom stereocenters. The molecule has 0 radical (unpaired) electrons. The van der Waals surface area contributed by atoms with Crippen LogP contribution in [0.15, 0.2) is 9.98 Å². The van der Waals surface area contributed by atoms with E-state index in [1.807, 2.05) is 13.1 Å². The fraction of sp³-hybridized carbons (Fsp3) is 0.600. The Morgan fingerprint density at radius 2 is 2.56 bits per heavy atom. The Morgan fingerprint density at radius 1 is 1.75 bits per heavy atom. The third-order valence-electron chi connectivity index (χ3n) is 2.69. The Bertz CT molecular complexity index is 382. The SMILES string of the molecule is CCC1C(=O)NCCN1Cc1ncc(Br)s1. The number of rotatable bonds is 3. The molecule has 1 aliphatic heterocycles. The summed E-state index contributed by atoms with van der Waals surface area (Å²) in [5.41, 5.74) is 0. The van der Waals surface area contributed by atoms with Gasteiger partial charge in [-0.3, -0.25) is 9.69 Å². The van der Waals surface area contributed by atoms with Crippen molar-refractivity contribution in [2.24, 2.45) is 0 Å². The van der Waals surface area contributed by atoms with Crippen LogP contribution in [0.2, 0.25) is 0 Å². The van der Waals surface area contributed by atoms with Gasteiger partial charge in [0, 0.05) is 13.1 Å². The van der Waals surface area contributed by atoms with Crippen LogP contribution in [0.5, 0.6) is 0 Å². The largest absolute Gasteiger partial charge is 0.353 e. The molecule has 2 heterocycles. The molecule has 1 aromatic heterocycles. The maximum Gasteiger partial charge on any atom is 0.237 e. The smallest absolute Gasteiger partial charge is 0.237 e. The fourth-order valence-corrected chi connectivity index (χ4v) is 3.26. The number of carbonyl (C=O) groups is 1. The Morgan fingerprint density at radius 3 is 3.19 bits per heavy atom. The summed E-state index contributed by atoms with van der Waals surface area (Å²) in [6.07, 6.45) is 2.66. The summed E-state index contributed by atoms with van der Waals surface area (Å²) in [5.74, 6) is 0.143. The molecule has 1 saturated heterocycles. The lowest BCUT2D eigenvalue weighted by Crippen LogP contribution is -2.54. The van der Waals surface area contributed by atoms with Crippen LogP contribution in [0.1, 0.15) is 18.4 Å². The van der Waals surface area contributed by atoms with Gasteiger partial charge in [-0.15, -0.1) is 11.3 Å². The van der Waals surface area contributed by atoms with E-state index < -0.39 is 0 Å². The van der Waals surface area contributed by atoms with Crippen molar-refractivity contribution in [3.63, 3.8) is 0 Å². The summed E-state index contributed by atoms with van der Waals surface area (Å²) in [7, 11) is 0. The summed E-state index contributed by atoms with van der Waals surface area (Å²) in [6, 6.07) is -0.00331. The monoisotopic (exact) mass is 303 g/mol. The Labute approximate surface area is 107 Å². The van der Waals surface area contributed by atoms with Gasteiger partial charge in [0.15, 0.2) is 0 Å². The summed E-state index contributed by atoms with van der Waals surface area (Å²) < 4.78 is 1.04. The van der Waals surface area contributed by atoms with Crippen LogP contribution in [0.3, 0.4) is 0 Å². The normalized spacial score (nSPS) is 22.1. The highest BCUT2D eigenvalue weighted by molar-refractivity contribution is 9.11. The van der Waals surface area contributed by atoms with Gasteiger partial charge < -0.3 is 5.32 Å². The van der Waals surface area contributed by atoms with Crippen LogP contribution in [0.25, 0.3) is 0 Å². The first-order valence-corrected chi connectivity index (χ1v) is 6.93. The molecule has 0 saturated carbocycles. The number of thiazole rings is 1. The van der Waals surface area contributed by atoms with Gasteiger partial charge in [0.05, 0.1) is 22.6 Å². The van der Waals surface area contributed by atoms with Crippen LogP contribution in [0.4, 0.5) is 0 Å². The van der Waals surface area contributed by atoms with E-state index in [-0.39, 0.29) is 11.9 Å². The molecule has 16 heavy (non-hydrogen) atoms. The zero-order valence-electron chi connectivity index (χ0n) is 9.07. The van der Waals surface area contributed by atoms with Gasteiger partial charge in [-0.25, -0.2) is 4.98 Å². The number of carbonyl (C=O) groups excluding carboxylic acids is 1. The highest BCUT2D eigenvalue weighted by atomic mass is 79.9. The molecule has 0 bridgehead atoms. The van der Waals surface area contributed by atoms with Crippen molar-refractivity contribution in [1.29, 1.82) is 0 Å². The van der Waals surface area contributed by atoms with E-state index in [0.717, 1.165) is 34.8 Å². The molecule has 1 N–H and O–H groups in total. The molecule has 4 nitrogen and oxygen atoms in total. The Kier molecular flexibility index (Phi) is 3.94. The molecule has 1 fully saturated rings. The molecular formula is C10H14BrN3OS. The second kappa shape index (κ2) is 5.25. The van der Waals surface area contributed by atoms with E-state index in [0.29, 0.717) is 0 Å². The molecule has 1 aromatic rings. The molecule has 1 aliphatic rings. The molecule has 0 aliphatic carbocycles. The zero-order chi connectivity index (χ0) is 11.5. The minimum absolute atomic E-state index is 0.00331. The number of piperazine rings is 1. The molecule has 88 valence electrons. The topological polar surface area (TPSA) is 45.2 Å². The molecular weight excluding hydrogens is 290 g/mol. The van der Waals surface area contributed by atoms with Gasteiger partial charge in [-0.05, 0) is 22.4 Å². The van der Waals surface area contributed by atoms with Gasteiger partial charge in [0.2, 0.25) is 5.91 Å². The Balaban J connectivity index is 2.04. The van der Waals surface area contributed by atoms with Gasteiger partial charge in [0.1, 0.15) is 5.01 Å². The van der Waals surface area contributed by atoms with Gasteiger partial charge in [-0.1, -0.05) is 6.92 Å². The molecule has 1 amide bonds. The number of hydrogen-bond acceptors (Lipinski definition) is 4. The summed E-state index contributed by atoms with van der Waals surface area (Å²) in [5, 5.41) is 3.95. The van der Waals surface area contributed by atoms with E-state index in [4.69, 9.17) is 0 Å². The lowest BCUT2D eigenvalue weighted by Gasteiger charge is -2.33. The average molecular weight is 304 g/mol. The lowest BCUT2D eigenvalue weighted by atomic mass is 10.1. The summed E-state index contributed by atoms with van der Waals surface area (Å²) >= 11 is 5.03. The van der Waals surface area contributed by atoms with Crippen molar-refractivity contribution in [2.45, 2.75) is 25.9 Å². The standard InChI is InChI=1S/C10H14BrN3OS/c1-2-7-10(15)12-3-4-14(7)6-9-13-5-8(11)16-9/h5,7H,2-4,6H2,1H3,(H,12,15). The zero-order valence-corrected chi connectivity index (χ0v) is 11.5. The number of nitrogens with zero attached hydrogens (tertiary/aromatic N) is 2. The van der Waals surface area contributed by atoms with Crippen molar-refractivity contribution < 1.29 is 4.79 Å². The first kappa shape index (κ1) is 12.0. The number of hydrogen-bond donors (Lipinski definition) is 1. The minimum Gasteiger partial charge on any atom is -0.353 e. The highest BCUT2D eigenvalue weighted by Crippen LogP contribution is 2.22. The van der Waals surface area contributed by atoms with Crippen molar-refractivity contribution in [3.05, 3.63) is 15.0 Å². The number of nitrogens with one attached hydrogen (secondary N) is 1. The first-order valence-electron chi connectivity index (χ1n) is 5.32. The van der Waals surface area contributed by atoms with E-state index in [9.17, 15) is 4.79 Å². The van der Waals surface area contributed by atoms with Gasteiger partial charge >= 0.3 is 0 Å². The third-order valence-corrected chi connectivity index (χ3v) is 4.15. The van der Waals surface area contributed by atoms with Gasteiger partial charge in [-0.2, -0.15) is 0 Å². The van der Waals surface area contributed by atoms with Gasteiger partial charge in [0.25, 0.3) is 0 Å². The van der Waals surface area contributed by atoms with Crippen LogP contribution in [0, 0.1) is 0 Å². The maximum atomic E-state index is 11.7. The second-order valence-corrected chi connectivity index (χ2v) is 6.24. The maximum absolute atomic E-state index is 11.7. The summed E-state index contributed by atoms with van der Waals surface area (Å²) in [6.45, 7) is 4.45. The quantitative estimate of drug-likeness (QED) is 0.923. The Hall–Kier alpha value is -0.460.